The summed E-state index contributed by atoms with van der Waals surface area (Å²) in [5, 5.41) is 33.2. The zero-order valence-corrected chi connectivity index (χ0v) is 65.0. The van der Waals surface area contributed by atoms with Crippen molar-refractivity contribution in [2.24, 2.45) is 21.1 Å². The van der Waals surface area contributed by atoms with E-state index in [1.165, 1.54) is 82.3 Å². The van der Waals surface area contributed by atoms with Gasteiger partial charge in [-0.3, -0.25) is 19.0 Å². The Balaban J connectivity index is 0.000000383. The van der Waals surface area contributed by atoms with Gasteiger partial charge in [0.25, 0.3) is 30.1 Å². The van der Waals surface area contributed by atoms with Gasteiger partial charge in [-0.25, -0.2) is 43.2 Å². The Morgan fingerprint density at radius 2 is 0.760 bits per heavy atom. The third-order valence-electron chi connectivity index (χ3n) is 14.7. The van der Waals surface area contributed by atoms with Crippen molar-refractivity contribution in [1.29, 1.82) is 0 Å². The van der Waals surface area contributed by atoms with Gasteiger partial charge >= 0.3 is 29.0 Å². The van der Waals surface area contributed by atoms with Gasteiger partial charge in [0.2, 0.25) is 5.82 Å². The van der Waals surface area contributed by atoms with E-state index >= 15 is 0 Å². The molecule has 0 aliphatic heterocycles. The van der Waals surface area contributed by atoms with E-state index in [0.717, 1.165) is 34.9 Å². The Bertz CT molecular complexity index is 4790. The van der Waals surface area contributed by atoms with Crippen LogP contribution < -0.4 is 31.1 Å². The molecule has 0 unspecified atom stereocenters. The van der Waals surface area contributed by atoms with Crippen LogP contribution in [-0.2, 0) is 77.8 Å². The normalized spacial score (nSPS) is 11.8. The van der Waals surface area contributed by atoms with Crippen molar-refractivity contribution in [3.05, 3.63) is 183 Å². The molecule has 100 heavy (non-hydrogen) atoms. The Morgan fingerprint density at radius 1 is 0.490 bits per heavy atom. The molecule has 0 saturated carbocycles. The number of anilines is 3. The molecule has 0 bridgehead atoms. The van der Waals surface area contributed by atoms with Gasteiger partial charge in [-0.2, -0.15) is 0 Å². The van der Waals surface area contributed by atoms with E-state index in [1.54, 1.807) is 71.3 Å². The molecule has 3 heterocycles. The van der Waals surface area contributed by atoms with E-state index in [0.29, 0.717) is 0 Å². The summed E-state index contributed by atoms with van der Waals surface area (Å²) in [6, 6.07) is 26.0. The fourth-order valence-electron chi connectivity index (χ4n) is 9.37. The average Bonchev–Trinajstić information content (AvgIpc) is 1.19. The summed E-state index contributed by atoms with van der Waals surface area (Å²) < 4.78 is 137. The number of ketones is 1. The maximum atomic E-state index is 14.3. The number of hydrogen-bond acceptors (Lipinski definition) is 16. The number of Topliss-reactive ketones (excluding diaryl/α,β-unsaturated/α-hetero) is 1. The predicted octanol–water partition coefficient (Wildman–Crippen LogP) is 11.4. The molecule has 0 radical (unpaired) electrons. The molecule has 0 amide bonds. The van der Waals surface area contributed by atoms with Crippen LogP contribution in [0.1, 0.15) is 141 Å². The first-order valence-corrected chi connectivity index (χ1v) is 34.8. The second kappa shape index (κ2) is 33.4. The summed E-state index contributed by atoms with van der Waals surface area (Å²) in [6.45, 7) is 24.4. The van der Waals surface area contributed by atoms with E-state index in [4.69, 9.17) is 39.5 Å². The van der Waals surface area contributed by atoms with Crippen LogP contribution in [-0.4, -0.2) is 116 Å². The van der Waals surface area contributed by atoms with Crippen molar-refractivity contribution >= 4 is 117 Å². The monoisotopic (exact) mass is 1570 g/mol. The van der Waals surface area contributed by atoms with Gasteiger partial charge in [-0.05, 0) is 108 Å². The third kappa shape index (κ3) is 20.4. The molecule has 9 aromatic rings. The number of nitrogens with zero attached hydrogens (tertiary/aromatic N) is 9. The number of nitrogens with one attached hydrogen (secondary N) is 3. The number of carbonyl (C=O) groups is 2. The molecule has 22 nitrogen and oxygen atoms in total. The summed E-state index contributed by atoms with van der Waals surface area (Å²) in [4.78, 5) is 23.8. The molecule has 9 rings (SSSR count). The first-order chi connectivity index (χ1) is 44.3. The van der Waals surface area contributed by atoms with Crippen LogP contribution in [0.3, 0.4) is 0 Å². The Morgan fingerprint density at radius 3 is 1.01 bits per heavy atom. The maximum absolute atomic E-state index is 14.3. The molecule has 0 aliphatic carbocycles. The number of ether oxygens (including phenoxy) is 1. The number of rotatable bonds is 16. The fourth-order valence-corrected chi connectivity index (χ4v) is 13.1. The minimum Gasteiger partial charge on any atom is -1.00 e. The predicted molar refractivity (Wildman–Crippen MR) is 382 cm³/mol. The zero-order chi connectivity index (χ0) is 71.7. The molecule has 4 N–H and O–H groups in total. The topological polar surface area (TPSA) is 294 Å². The first kappa shape index (κ1) is 87.2. The van der Waals surface area contributed by atoms with Gasteiger partial charge in [0.1, 0.15) is 23.1 Å². The molecule has 536 valence electrons. The summed E-state index contributed by atoms with van der Waals surface area (Å²) >= 11 is 17.9. The number of carbonyl (C=O) groups excluding carboxylic acids is 2. The SMILES string of the molecule is C.CC(=O)c1nnc(-c2cc(Cl)c(F)cc2NS(=O)(=O)c2ccc(C(C)(C)C)cc2)n1C.CCOC(=O)c1nnc(-c2cc(Cl)c(F)cc2NS(=O)(=O)c2ccc(C(C)(C)C)cc2)n1C.Cn1c(-c2cc(Cl)c(F)cc2NS(=O)(=O)c2ccc(C(C)(C)C)cc2)nnc1C(C)(C)O.[Br-].[CH3-].[Mg+2]. The minimum atomic E-state index is -4.08. The van der Waals surface area contributed by atoms with Crippen LogP contribution in [0, 0.1) is 24.9 Å². The zero-order valence-electron chi connectivity index (χ0n) is 57.3. The van der Waals surface area contributed by atoms with Gasteiger partial charge in [-0.1, -0.05) is 141 Å². The van der Waals surface area contributed by atoms with Gasteiger partial charge in [-0.15, -0.1) is 30.6 Å². The quantitative estimate of drug-likeness (QED) is 0.0302. The summed E-state index contributed by atoms with van der Waals surface area (Å²) in [6.07, 6.45) is 0. The van der Waals surface area contributed by atoms with E-state index in [2.05, 4.69) is 44.8 Å². The summed E-state index contributed by atoms with van der Waals surface area (Å²) in [5.41, 5.74) is 1.51. The number of esters is 1. The van der Waals surface area contributed by atoms with Gasteiger partial charge in [0, 0.05) is 63.0 Å². The number of sulfonamides is 3. The fraction of sp³-hybridized carbons (Fsp3) is 0.328. The number of aliphatic hydroxyl groups is 1. The number of halogens is 7. The second-order valence-corrected chi connectivity index (χ2v) is 31.9. The van der Waals surface area contributed by atoms with Crippen molar-refractivity contribution < 1.29 is 74.8 Å². The molecule has 0 fully saturated rings. The van der Waals surface area contributed by atoms with Gasteiger partial charge in [0.15, 0.2) is 34.9 Å². The number of benzene rings is 6. The molecular weight excluding hydrogens is 1500 g/mol. The number of aromatic nitrogens is 9. The van der Waals surface area contributed by atoms with Crippen LogP contribution in [0.4, 0.5) is 30.2 Å². The van der Waals surface area contributed by atoms with Crippen LogP contribution in [0.2, 0.25) is 15.1 Å². The molecule has 6 aromatic carbocycles. The smallest absolute Gasteiger partial charge is 1.00 e. The van der Waals surface area contributed by atoms with E-state index in [9.17, 15) is 53.1 Å². The van der Waals surface area contributed by atoms with Crippen molar-refractivity contribution in [3.8, 4) is 34.2 Å². The standard InChI is InChI=1S/C22H24ClFN4O4S.C22H26ClFN4O3S.C21H22ClFN4O3S.CH4.CH3.BrH.Mg/c1-6-32-21(29)20-26-25-19(28(20)5)15-11-16(23)17(24)12-18(15)27-33(30,31)14-9-7-13(8-10-14)22(2,3)4;1-21(2,3)13-7-9-14(10-8-13)32(30,31)27-18-12-17(24)16(23)11-15(18)19-25-26-20(28(19)6)22(4,5)29;1-12(28)19-24-25-20(27(19)5)15-10-16(22)17(23)11-18(15)26-31(29,30)14-8-6-13(7-9-14)21(2,3)4;;;;/h7-12,27H,6H2,1-5H3;7-12,27,29H,1-6H3;6-11,26H,1-5H3;1H4;1H3;1H;/q;;;;-1;;+2/p-1. The van der Waals surface area contributed by atoms with E-state index in [-0.39, 0.29) is 182 Å². The summed E-state index contributed by atoms with van der Waals surface area (Å²) in [5.74, 6) is -2.75. The van der Waals surface area contributed by atoms with Crippen LogP contribution in [0.15, 0.2) is 124 Å². The minimum absolute atomic E-state index is 0. The Hall–Kier alpha value is -7.00. The Labute approximate surface area is 624 Å². The molecule has 33 heteroatoms. The van der Waals surface area contributed by atoms with Crippen LogP contribution in [0.5, 0.6) is 0 Å². The molecule has 0 aliphatic rings. The molecular formula is C67H79BrCl3F3MgN12O10S3. The Kier molecular flexibility index (Phi) is 29.1. The van der Waals surface area contributed by atoms with Crippen LogP contribution in [0.25, 0.3) is 34.2 Å². The van der Waals surface area contributed by atoms with E-state index in [1.807, 2.05) is 62.3 Å². The molecule has 0 saturated heterocycles. The molecule has 0 atom stereocenters. The van der Waals surface area contributed by atoms with Gasteiger partial charge < -0.3 is 48.0 Å². The van der Waals surface area contributed by atoms with Crippen molar-refractivity contribution in [1.82, 2.24) is 44.3 Å². The van der Waals surface area contributed by atoms with Crippen molar-refractivity contribution in [2.75, 3.05) is 20.8 Å². The largest absolute Gasteiger partial charge is 2.00 e. The van der Waals surface area contributed by atoms with Gasteiger partial charge in [0.05, 0.1) is 53.4 Å². The average molecular weight is 1580 g/mol. The number of hydrogen-bond donors (Lipinski definition) is 4. The van der Waals surface area contributed by atoms with Crippen LogP contribution >= 0.6 is 34.8 Å². The maximum Gasteiger partial charge on any atom is 2.00 e. The van der Waals surface area contributed by atoms with Crippen molar-refractivity contribution in [2.45, 2.75) is 134 Å². The first-order valence-electron chi connectivity index (χ1n) is 29.2. The molecule has 0 spiro atoms. The molecule has 3 aromatic heterocycles. The summed E-state index contributed by atoms with van der Waals surface area (Å²) in [7, 11) is -7.49. The second-order valence-electron chi connectivity index (χ2n) is 25.6. The third-order valence-corrected chi connectivity index (χ3v) is 19.7. The van der Waals surface area contributed by atoms with E-state index < -0.39 is 59.1 Å². The van der Waals surface area contributed by atoms with Crippen molar-refractivity contribution in [3.63, 3.8) is 0 Å².